The standard InChI is InChI=1S/C13H17N5O7S2/c1-24-13(17-6(19)4-27-11(14)15)9(22)18-7(8(20)21)5(2-25-12(16)23)3-26-10(13)18/h10H,2-4H2,1H3,(H3,14,15)(H2,16,23)(H,17,19)(H,20,21)/t10-,13?/m0/s1. The summed E-state index contributed by atoms with van der Waals surface area (Å²) in [5, 5.41) is 17.9. The van der Waals surface area contributed by atoms with Crippen LogP contribution in [-0.4, -0.2) is 75.4 Å². The Bertz CT molecular complexity index is 743. The second-order valence-corrected chi connectivity index (χ2v) is 7.43. The Morgan fingerprint density at radius 1 is 1.48 bits per heavy atom. The summed E-state index contributed by atoms with van der Waals surface area (Å²) in [6, 6.07) is 0. The number of ether oxygens (including phenoxy) is 2. The van der Waals surface area contributed by atoms with Crippen LogP contribution in [0.25, 0.3) is 0 Å². The van der Waals surface area contributed by atoms with Crippen molar-refractivity contribution in [2.24, 2.45) is 11.5 Å². The molecule has 0 radical (unpaired) electrons. The van der Waals surface area contributed by atoms with Gasteiger partial charge in [0, 0.05) is 18.4 Å². The van der Waals surface area contributed by atoms with Gasteiger partial charge in [-0.05, 0) is 0 Å². The van der Waals surface area contributed by atoms with Gasteiger partial charge in [0.2, 0.25) is 5.91 Å². The van der Waals surface area contributed by atoms with Crippen LogP contribution in [0.3, 0.4) is 0 Å². The molecule has 12 nitrogen and oxygen atoms in total. The van der Waals surface area contributed by atoms with Crippen LogP contribution < -0.4 is 16.8 Å². The lowest BCUT2D eigenvalue weighted by molar-refractivity contribution is -0.192. The molecule has 2 heterocycles. The number of hydrogen-bond donors (Lipinski definition) is 5. The lowest BCUT2D eigenvalue weighted by Crippen LogP contribution is -2.80. The van der Waals surface area contributed by atoms with Gasteiger partial charge in [-0.15, -0.1) is 11.8 Å². The van der Waals surface area contributed by atoms with Crippen molar-refractivity contribution in [2.75, 3.05) is 25.2 Å². The molecule has 2 aliphatic rings. The Hall–Kier alpha value is -2.45. The number of amidine groups is 1. The summed E-state index contributed by atoms with van der Waals surface area (Å²) in [7, 11) is 1.21. The van der Waals surface area contributed by atoms with Gasteiger partial charge in [0.25, 0.3) is 11.6 Å². The topological polar surface area (TPSA) is 198 Å². The van der Waals surface area contributed by atoms with Crippen molar-refractivity contribution in [3.05, 3.63) is 11.3 Å². The number of carbonyl (C=O) groups excluding carboxylic acids is 3. The van der Waals surface area contributed by atoms with E-state index >= 15 is 0 Å². The summed E-state index contributed by atoms with van der Waals surface area (Å²) < 4.78 is 9.87. The number of aliphatic carboxylic acids is 1. The molecule has 3 amide bonds. The van der Waals surface area contributed by atoms with Gasteiger partial charge >= 0.3 is 12.1 Å². The fourth-order valence-corrected chi connectivity index (χ4v) is 4.38. The van der Waals surface area contributed by atoms with Crippen LogP contribution in [0.1, 0.15) is 0 Å². The first-order valence-corrected chi connectivity index (χ1v) is 9.33. The number of methoxy groups -OCH3 is 1. The van der Waals surface area contributed by atoms with E-state index in [1.165, 1.54) is 7.11 Å². The average molecular weight is 419 g/mol. The maximum Gasteiger partial charge on any atom is 0.404 e. The molecule has 0 saturated carbocycles. The molecule has 7 N–H and O–H groups in total. The minimum atomic E-state index is -1.74. The zero-order valence-electron chi connectivity index (χ0n) is 14.0. The predicted octanol–water partition coefficient (Wildman–Crippen LogP) is -1.58. The van der Waals surface area contributed by atoms with Crippen LogP contribution in [0, 0.1) is 5.41 Å². The summed E-state index contributed by atoms with van der Waals surface area (Å²) in [6.07, 6.45) is -1.07. The second kappa shape index (κ2) is 8.06. The van der Waals surface area contributed by atoms with E-state index in [0.717, 1.165) is 28.4 Å². The first-order chi connectivity index (χ1) is 12.6. The van der Waals surface area contributed by atoms with Gasteiger partial charge in [-0.2, -0.15) is 0 Å². The van der Waals surface area contributed by atoms with Crippen LogP contribution in [0.4, 0.5) is 4.79 Å². The molecule has 27 heavy (non-hydrogen) atoms. The highest BCUT2D eigenvalue weighted by Crippen LogP contribution is 2.46. The van der Waals surface area contributed by atoms with Crippen molar-refractivity contribution in [1.29, 1.82) is 5.41 Å². The van der Waals surface area contributed by atoms with Gasteiger partial charge in [-0.25, -0.2) is 9.59 Å². The highest BCUT2D eigenvalue weighted by atomic mass is 32.2. The molecule has 0 aromatic carbocycles. The van der Waals surface area contributed by atoms with E-state index in [2.05, 4.69) is 10.1 Å². The van der Waals surface area contributed by atoms with Gasteiger partial charge in [-0.3, -0.25) is 19.9 Å². The molecule has 1 saturated heterocycles. The number of nitrogens with zero attached hydrogens (tertiary/aromatic N) is 1. The Morgan fingerprint density at radius 2 is 2.15 bits per heavy atom. The van der Waals surface area contributed by atoms with Crippen LogP contribution in [0.5, 0.6) is 0 Å². The molecule has 0 aromatic rings. The van der Waals surface area contributed by atoms with Gasteiger partial charge in [0.05, 0.1) is 5.75 Å². The van der Waals surface area contributed by atoms with Gasteiger partial charge in [-0.1, -0.05) is 11.8 Å². The van der Waals surface area contributed by atoms with Gasteiger partial charge < -0.3 is 31.4 Å². The highest BCUT2D eigenvalue weighted by molar-refractivity contribution is 8.14. The molecule has 2 atom stereocenters. The molecule has 2 rings (SSSR count). The summed E-state index contributed by atoms with van der Waals surface area (Å²) in [5.74, 6) is -2.86. The van der Waals surface area contributed by atoms with E-state index in [1.54, 1.807) is 0 Å². The number of hydrogen-bond acceptors (Lipinski definition) is 9. The average Bonchev–Trinajstić information content (AvgIpc) is 2.61. The summed E-state index contributed by atoms with van der Waals surface area (Å²) in [6.45, 7) is -0.373. The summed E-state index contributed by atoms with van der Waals surface area (Å²) >= 11 is 1.90. The van der Waals surface area contributed by atoms with Crippen LogP contribution in [0.2, 0.25) is 0 Å². The van der Waals surface area contributed by atoms with Crippen molar-refractivity contribution in [3.63, 3.8) is 0 Å². The van der Waals surface area contributed by atoms with E-state index in [-0.39, 0.29) is 34.6 Å². The lowest BCUT2D eigenvalue weighted by Gasteiger charge is -2.55. The van der Waals surface area contributed by atoms with E-state index in [0.29, 0.717) is 0 Å². The normalized spacial score (nSPS) is 24.0. The molecule has 0 spiro atoms. The van der Waals surface area contributed by atoms with Crippen molar-refractivity contribution >= 4 is 52.6 Å². The van der Waals surface area contributed by atoms with E-state index in [4.69, 9.17) is 21.6 Å². The third-order valence-corrected chi connectivity index (χ3v) is 5.80. The van der Waals surface area contributed by atoms with E-state index < -0.39 is 35.0 Å². The largest absolute Gasteiger partial charge is 0.477 e. The first kappa shape index (κ1) is 20.9. The molecule has 14 heteroatoms. The maximum atomic E-state index is 12.7. The van der Waals surface area contributed by atoms with E-state index in [1.807, 2.05) is 0 Å². The van der Waals surface area contributed by atoms with E-state index in [9.17, 15) is 24.3 Å². The summed E-state index contributed by atoms with van der Waals surface area (Å²) in [5.41, 5.74) is 8.18. The lowest BCUT2D eigenvalue weighted by atomic mass is 9.98. The van der Waals surface area contributed by atoms with Crippen LogP contribution in [-0.2, 0) is 23.9 Å². The van der Waals surface area contributed by atoms with Crippen molar-refractivity contribution in [3.8, 4) is 0 Å². The molecular weight excluding hydrogens is 402 g/mol. The number of nitrogens with one attached hydrogen (secondary N) is 2. The second-order valence-electron chi connectivity index (χ2n) is 5.34. The zero-order chi connectivity index (χ0) is 20.4. The Kier molecular flexibility index (Phi) is 6.22. The monoisotopic (exact) mass is 419 g/mol. The Morgan fingerprint density at radius 3 is 2.67 bits per heavy atom. The fourth-order valence-electron chi connectivity index (χ4n) is 2.60. The smallest absolute Gasteiger partial charge is 0.404 e. The number of primary amides is 1. The number of amides is 3. The van der Waals surface area contributed by atoms with Crippen molar-refractivity contribution in [1.82, 2.24) is 10.2 Å². The zero-order valence-corrected chi connectivity index (χ0v) is 15.6. The third-order valence-electron chi connectivity index (χ3n) is 3.71. The van der Waals surface area contributed by atoms with Gasteiger partial charge in [0.1, 0.15) is 17.7 Å². The van der Waals surface area contributed by atoms with Gasteiger partial charge in [0.15, 0.2) is 5.17 Å². The number of rotatable bonds is 7. The number of thioether (sulfide) groups is 2. The molecular formula is C13H17N5O7S2. The number of carboxylic acids is 1. The molecule has 1 fully saturated rings. The number of β-lactam (4-membered cyclic amide) rings is 1. The molecule has 148 valence electrons. The van der Waals surface area contributed by atoms with Crippen LogP contribution in [0.15, 0.2) is 11.3 Å². The number of carbonyl (C=O) groups is 4. The molecule has 0 aliphatic carbocycles. The summed E-state index contributed by atoms with van der Waals surface area (Å²) in [4.78, 5) is 48.1. The third kappa shape index (κ3) is 3.96. The van der Waals surface area contributed by atoms with Crippen molar-refractivity contribution < 1.29 is 33.8 Å². The maximum absolute atomic E-state index is 12.7. The first-order valence-electron chi connectivity index (χ1n) is 7.29. The minimum absolute atomic E-state index is 0.118. The Labute approximate surface area is 161 Å². The fraction of sp³-hybridized carbons (Fsp3) is 0.462. The predicted molar refractivity (Wildman–Crippen MR) is 95.5 cm³/mol. The number of nitrogens with two attached hydrogens (primary N) is 2. The van der Waals surface area contributed by atoms with Crippen LogP contribution >= 0.6 is 23.5 Å². The molecule has 2 aliphatic heterocycles. The minimum Gasteiger partial charge on any atom is -0.477 e. The van der Waals surface area contributed by atoms with Crippen molar-refractivity contribution in [2.45, 2.75) is 11.1 Å². The molecule has 1 unspecified atom stereocenters. The SMILES string of the molecule is COC1(NC(=O)CSC(=N)N)C(=O)N2C(C(=O)O)=C(COC(N)=O)CS[C@H]21. The Balaban J connectivity index is 2.23. The quantitative estimate of drug-likeness (QED) is 0.139. The highest BCUT2D eigenvalue weighted by Gasteiger charge is 2.66. The number of fused-ring (bicyclic) bond motifs is 1. The molecule has 0 aromatic heterocycles. The number of carboxylic acid groups (broad SMARTS) is 1. The molecule has 0 bridgehead atoms.